The van der Waals surface area contributed by atoms with Crippen LogP contribution in [0.25, 0.3) is 0 Å². The van der Waals surface area contributed by atoms with Gasteiger partial charge >= 0.3 is 0 Å². The molecule has 14 heavy (non-hydrogen) atoms. The van der Waals surface area contributed by atoms with E-state index in [0.717, 1.165) is 25.6 Å². The Morgan fingerprint density at radius 1 is 1.50 bits per heavy atom. The van der Waals surface area contributed by atoms with Crippen LogP contribution >= 0.6 is 0 Å². The summed E-state index contributed by atoms with van der Waals surface area (Å²) in [5, 5.41) is 12.3. The summed E-state index contributed by atoms with van der Waals surface area (Å²) in [5.41, 5.74) is 0. The highest BCUT2D eigenvalue weighted by atomic mass is 16.3. The lowest BCUT2D eigenvalue weighted by Crippen LogP contribution is -2.46. The summed E-state index contributed by atoms with van der Waals surface area (Å²) in [6, 6.07) is 1.26. The molecule has 1 aliphatic carbocycles. The van der Waals surface area contributed by atoms with Crippen LogP contribution in [0.3, 0.4) is 0 Å². The molecule has 0 spiro atoms. The van der Waals surface area contributed by atoms with E-state index in [4.69, 9.17) is 5.11 Å². The Morgan fingerprint density at radius 3 is 2.64 bits per heavy atom. The molecular weight excluding hydrogens is 176 g/mol. The van der Waals surface area contributed by atoms with E-state index < -0.39 is 0 Å². The number of likely N-dealkylation sites (N-methyl/N-ethyl adjacent to an activating group) is 2. The Bertz CT molecular complexity index is 142. The first-order valence-electron chi connectivity index (χ1n) is 5.82. The zero-order valence-corrected chi connectivity index (χ0v) is 9.50. The van der Waals surface area contributed by atoms with Crippen LogP contribution < -0.4 is 5.32 Å². The second-order valence-corrected chi connectivity index (χ2v) is 4.29. The Morgan fingerprint density at radius 2 is 2.21 bits per heavy atom. The summed E-state index contributed by atoms with van der Waals surface area (Å²) >= 11 is 0. The molecule has 0 aromatic carbocycles. The van der Waals surface area contributed by atoms with Crippen molar-refractivity contribution in [3.8, 4) is 0 Å². The van der Waals surface area contributed by atoms with Gasteiger partial charge in [0.25, 0.3) is 0 Å². The molecule has 0 aromatic rings. The van der Waals surface area contributed by atoms with Gasteiger partial charge in [0.05, 0.1) is 0 Å². The van der Waals surface area contributed by atoms with E-state index in [-0.39, 0.29) is 6.61 Å². The molecule has 3 nitrogen and oxygen atoms in total. The highest BCUT2D eigenvalue weighted by Gasteiger charge is 2.23. The molecule has 0 saturated heterocycles. The lowest BCUT2D eigenvalue weighted by Gasteiger charge is -2.36. The Balaban J connectivity index is 2.21. The van der Waals surface area contributed by atoms with Crippen molar-refractivity contribution in [1.29, 1.82) is 0 Å². The maximum absolute atomic E-state index is 8.93. The van der Waals surface area contributed by atoms with Gasteiger partial charge in [-0.2, -0.15) is 0 Å². The standard InChI is InChI=1S/C11H24N2O/c1-3-12-10(7-8-14)9-13(2)11-5-4-6-11/h10-12,14H,3-9H2,1-2H3. The molecule has 1 atom stereocenters. The number of hydrogen-bond acceptors (Lipinski definition) is 3. The van der Waals surface area contributed by atoms with E-state index in [1.807, 2.05) is 0 Å². The molecule has 84 valence electrons. The van der Waals surface area contributed by atoms with Gasteiger partial charge < -0.3 is 15.3 Å². The molecule has 2 N–H and O–H groups in total. The Labute approximate surface area is 87.5 Å². The molecule has 0 bridgehead atoms. The topological polar surface area (TPSA) is 35.5 Å². The minimum Gasteiger partial charge on any atom is -0.396 e. The number of aliphatic hydroxyl groups excluding tert-OH is 1. The molecule has 1 saturated carbocycles. The summed E-state index contributed by atoms with van der Waals surface area (Å²) < 4.78 is 0. The maximum Gasteiger partial charge on any atom is 0.0446 e. The molecule has 1 unspecified atom stereocenters. The first kappa shape index (κ1) is 12.0. The average Bonchev–Trinajstić information content (AvgIpc) is 2.01. The number of nitrogens with zero attached hydrogens (tertiary/aromatic N) is 1. The second-order valence-electron chi connectivity index (χ2n) is 4.29. The highest BCUT2D eigenvalue weighted by Crippen LogP contribution is 2.23. The molecular formula is C11H24N2O. The van der Waals surface area contributed by atoms with Crippen molar-refractivity contribution in [1.82, 2.24) is 10.2 Å². The van der Waals surface area contributed by atoms with E-state index in [1.54, 1.807) is 0 Å². The van der Waals surface area contributed by atoms with Crippen molar-refractivity contribution < 1.29 is 5.11 Å². The van der Waals surface area contributed by atoms with Crippen LogP contribution in [0.2, 0.25) is 0 Å². The van der Waals surface area contributed by atoms with Gasteiger partial charge in [-0.15, -0.1) is 0 Å². The normalized spacial score (nSPS) is 19.7. The molecule has 1 aliphatic rings. The third kappa shape index (κ3) is 3.56. The zero-order chi connectivity index (χ0) is 10.4. The quantitative estimate of drug-likeness (QED) is 0.639. The Hall–Kier alpha value is -0.120. The molecule has 0 aromatic heterocycles. The zero-order valence-electron chi connectivity index (χ0n) is 9.50. The molecule has 3 heteroatoms. The number of aliphatic hydroxyl groups is 1. The van der Waals surface area contributed by atoms with Gasteiger partial charge in [-0.05, 0) is 32.9 Å². The van der Waals surface area contributed by atoms with Crippen LogP contribution in [0.4, 0.5) is 0 Å². The van der Waals surface area contributed by atoms with Crippen LogP contribution in [-0.4, -0.2) is 48.8 Å². The first-order chi connectivity index (χ1) is 6.77. The summed E-state index contributed by atoms with van der Waals surface area (Å²) in [6.07, 6.45) is 4.97. The van der Waals surface area contributed by atoms with E-state index in [9.17, 15) is 0 Å². The average molecular weight is 200 g/mol. The van der Waals surface area contributed by atoms with Crippen molar-refractivity contribution in [2.24, 2.45) is 0 Å². The smallest absolute Gasteiger partial charge is 0.0446 e. The molecule has 0 heterocycles. The van der Waals surface area contributed by atoms with Gasteiger partial charge in [-0.25, -0.2) is 0 Å². The third-order valence-corrected chi connectivity index (χ3v) is 3.18. The predicted octanol–water partition coefficient (Wildman–Crippen LogP) is 0.831. The van der Waals surface area contributed by atoms with E-state index in [0.29, 0.717) is 6.04 Å². The minimum atomic E-state index is 0.288. The van der Waals surface area contributed by atoms with Crippen molar-refractivity contribution in [3.63, 3.8) is 0 Å². The van der Waals surface area contributed by atoms with E-state index in [2.05, 4.69) is 24.2 Å². The van der Waals surface area contributed by atoms with Crippen molar-refractivity contribution in [3.05, 3.63) is 0 Å². The summed E-state index contributed by atoms with van der Waals surface area (Å²) in [5.74, 6) is 0. The fraction of sp³-hybridized carbons (Fsp3) is 1.00. The lowest BCUT2D eigenvalue weighted by atomic mass is 9.91. The monoisotopic (exact) mass is 200 g/mol. The van der Waals surface area contributed by atoms with Crippen LogP contribution in [0.1, 0.15) is 32.6 Å². The van der Waals surface area contributed by atoms with Gasteiger partial charge in [0, 0.05) is 25.2 Å². The molecule has 1 rings (SSSR count). The van der Waals surface area contributed by atoms with Gasteiger partial charge in [0.1, 0.15) is 0 Å². The Kier molecular flexibility index (Phi) is 5.45. The van der Waals surface area contributed by atoms with Crippen LogP contribution in [-0.2, 0) is 0 Å². The fourth-order valence-corrected chi connectivity index (χ4v) is 2.03. The first-order valence-corrected chi connectivity index (χ1v) is 5.82. The van der Waals surface area contributed by atoms with E-state index in [1.165, 1.54) is 19.3 Å². The molecule has 1 fully saturated rings. The van der Waals surface area contributed by atoms with Crippen LogP contribution in [0.5, 0.6) is 0 Å². The third-order valence-electron chi connectivity index (χ3n) is 3.18. The maximum atomic E-state index is 8.93. The largest absolute Gasteiger partial charge is 0.396 e. The van der Waals surface area contributed by atoms with Gasteiger partial charge in [-0.1, -0.05) is 13.3 Å². The number of nitrogens with one attached hydrogen (secondary N) is 1. The van der Waals surface area contributed by atoms with E-state index >= 15 is 0 Å². The molecule has 0 amide bonds. The van der Waals surface area contributed by atoms with Crippen LogP contribution in [0, 0.1) is 0 Å². The summed E-state index contributed by atoms with van der Waals surface area (Å²) in [4.78, 5) is 2.44. The number of hydrogen-bond donors (Lipinski definition) is 2. The molecule has 0 radical (unpaired) electrons. The van der Waals surface area contributed by atoms with Gasteiger partial charge in [0.2, 0.25) is 0 Å². The summed E-state index contributed by atoms with van der Waals surface area (Å²) in [7, 11) is 2.20. The second kappa shape index (κ2) is 6.38. The van der Waals surface area contributed by atoms with Crippen LogP contribution in [0.15, 0.2) is 0 Å². The van der Waals surface area contributed by atoms with Crippen molar-refractivity contribution >= 4 is 0 Å². The number of rotatable bonds is 7. The summed E-state index contributed by atoms with van der Waals surface area (Å²) in [6.45, 7) is 4.46. The van der Waals surface area contributed by atoms with Gasteiger partial charge in [0.15, 0.2) is 0 Å². The van der Waals surface area contributed by atoms with Crippen molar-refractivity contribution in [2.45, 2.75) is 44.7 Å². The highest BCUT2D eigenvalue weighted by molar-refractivity contribution is 4.81. The predicted molar refractivity (Wildman–Crippen MR) is 59.4 cm³/mol. The fourth-order valence-electron chi connectivity index (χ4n) is 2.03. The minimum absolute atomic E-state index is 0.288. The lowest BCUT2D eigenvalue weighted by molar-refractivity contribution is 0.137. The van der Waals surface area contributed by atoms with Gasteiger partial charge in [-0.3, -0.25) is 0 Å². The van der Waals surface area contributed by atoms with Crippen molar-refractivity contribution in [2.75, 3.05) is 26.7 Å². The SMILES string of the molecule is CCNC(CCO)CN(C)C1CCC1. The molecule has 0 aliphatic heterocycles.